The largest absolute Gasteiger partial charge is 0.296 e. The van der Waals surface area contributed by atoms with Gasteiger partial charge in [-0.05, 0) is 23.1 Å². The Morgan fingerprint density at radius 1 is 1.15 bits per heavy atom. The SMILES string of the molecule is O=C1CC(c2cccs2)C(c2ccccc2Cl)C(=O)N1. The van der Waals surface area contributed by atoms with E-state index in [1.807, 2.05) is 35.7 Å². The molecule has 2 amide bonds. The maximum atomic E-state index is 12.3. The van der Waals surface area contributed by atoms with Crippen molar-refractivity contribution in [2.75, 3.05) is 0 Å². The third-order valence-corrected chi connectivity index (χ3v) is 4.85. The number of rotatable bonds is 2. The monoisotopic (exact) mass is 305 g/mol. The number of amides is 2. The predicted molar refractivity (Wildman–Crippen MR) is 79.0 cm³/mol. The third-order valence-electron chi connectivity index (χ3n) is 3.50. The molecule has 0 aliphatic carbocycles. The van der Waals surface area contributed by atoms with E-state index in [1.165, 1.54) is 0 Å². The molecule has 5 heteroatoms. The summed E-state index contributed by atoms with van der Waals surface area (Å²) in [6, 6.07) is 11.2. The van der Waals surface area contributed by atoms with Gasteiger partial charge in [0.2, 0.25) is 11.8 Å². The van der Waals surface area contributed by atoms with Gasteiger partial charge >= 0.3 is 0 Å². The van der Waals surface area contributed by atoms with Crippen molar-refractivity contribution in [3.8, 4) is 0 Å². The number of halogens is 1. The summed E-state index contributed by atoms with van der Waals surface area (Å²) in [5, 5.41) is 4.93. The van der Waals surface area contributed by atoms with Gasteiger partial charge in [-0.3, -0.25) is 14.9 Å². The minimum Gasteiger partial charge on any atom is -0.296 e. The minimum atomic E-state index is -0.417. The lowest BCUT2D eigenvalue weighted by Gasteiger charge is -2.30. The molecule has 2 aromatic rings. The highest BCUT2D eigenvalue weighted by Crippen LogP contribution is 2.42. The van der Waals surface area contributed by atoms with Crippen molar-refractivity contribution in [2.45, 2.75) is 18.3 Å². The first kappa shape index (κ1) is 13.3. The highest BCUT2D eigenvalue weighted by molar-refractivity contribution is 7.10. The summed E-state index contributed by atoms with van der Waals surface area (Å²) in [4.78, 5) is 25.0. The maximum absolute atomic E-state index is 12.3. The fraction of sp³-hybridized carbons (Fsp3) is 0.200. The number of thiophene rings is 1. The van der Waals surface area contributed by atoms with Crippen LogP contribution in [0.4, 0.5) is 0 Å². The fourth-order valence-electron chi connectivity index (χ4n) is 2.62. The Hall–Kier alpha value is -1.65. The van der Waals surface area contributed by atoms with Crippen LogP contribution in [0, 0.1) is 0 Å². The molecule has 3 rings (SSSR count). The summed E-state index contributed by atoms with van der Waals surface area (Å²) in [5.41, 5.74) is 0.776. The smallest absolute Gasteiger partial charge is 0.234 e. The van der Waals surface area contributed by atoms with E-state index in [0.717, 1.165) is 10.4 Å². The fourth-order valence-corrected chi connectivity index (χ4v) is 3.74. The Balaban J connectivity index is 2.07. The van der Waals surface area contributed by atoms with Crippen molar-refractivity contribution in [1.29, 1.82) is 0 Å². The van der Waals surface area contributed by atoms with Gasteiger partial charge in [-0.15, -0.1) is 11.3 Å². The number of nitrogens with one attached hydrogen (secondary N) is 1. The van der Waals surface area contributed by atoms with Gasteiger partial charge in [-0.1, -0.05) is 35.9 Å². The normalized spacial score (nSPS) is 22.6. The Morgan fingerprint density at radius 3 is 2.65 bits per heavy atom. The van der Waals surface area contributed by atoms with E-state index < -0.39 is 5.92 Å². The van der Waals surface area contributed by atoms with Crippen LogP contribution in [0.3, 0.4) is 0 Å². The van der Waals surface area contributed by atoms with Gasteiger partial charge in [0.15, 0.2) is 0 Å². The molecule has 1 aliphatic heterocycles. The lowest BCUT2D eigenvalue weighted by atomic mass is 9.79. The first-order valence-electron chi connectivity index (χ1n) is 6.28. The molecule has 2 atom stereocenters. The predicted octanol–water partition coefficient (Wildman–Crippen LogP) is 3.32. The van der Waals surface area contributed by atoms with Crippen LogP contribution in [0.1, 0.15) is 28.7 Å². The lowest BCUT2D eigenvalue weighted by molar-refractivity contribution is -0.135. The lowest BCUT2D eigenvalue weighted by Crippen LogP contribution is -2.43. The van der Waals surface area contributed by atoms with Gasteiger partial charge in [-0.2, -0.15) is 0 Å². The van der Waals surface area contributed by atoms with E-state index in [4.69, 9.17) is 11.6 Å². The van der Waals surface area contributed by atoms with Crippen LogP contribution in [0.5, 0.6) is 0 Å². The van der Waals surface area contributed by atoms with Crippen molar-refractivity contribution >= 4 is 34.8 Å². The zero-order valence-corrected chi connectivity index (χ0v) is 12.1. The summed E-state index contributed by atoms with van der Waals surface area (Å²) in [6.45, 7) is 0. The van der Waals surface area contributed by atoms with Crippen molar-refractivity contribution in [3.05, 3.63) is 57.2 Å². The Morgan fingerprint density at radius 2 is 1.95 bits per heavy atom. The van der Waals surface area contributed by atoms with Crippen LogP contribution in [0.15, 0.2) is 41.8 Å². The first-order chi connectivity index (χ1) is 9.66. The van der Waals surface area contributed by atoms with Crippen LogP contribution < -0.4 is 5.32 Å². The molecule has 2 heterocycles. The second-order valence-corrected chi connectivity index (χ2v) is 6.12. The quantitative estimate of drug-likeness (QED) is 0.865. The zero-order chi connectivity index (χ0) is 14.1. The molecule has 20 heavy (non-hydrogen) atoms. The van der Waals surface area contributed by atoms with E-state index in [9.17, 15) is 9.59 Å². The molecule has 1 saturated heterocycles. The maximum Gasteiger partial charge on any atom is 0.234 e. The number of carbonyl (C=O) groups is 2. The van der Waals surface area contributed by atoms with Crippen LogP contribution in [0.2, 0.25) is 5.02 Å². The van der Waals surface area contributed by atoms with E-state index in [1.54, 1.807) is 17.4 Å². The molecule has 3 nitrogen and oxygen atoms in total. The Bertz CT molecular complexity index is 654. The molecular formula is C15H12ClNO2S. The highest BCUT2D eigenvalue weighted by Gasteiger charge is 2.39. The molecule has 0 radical (unpaired) electrons. The van der Waals surface area contributed by atoms with Crippen LogP contribution in [-0.4, -0.2) is 11.8 Å². The average molecular weight is 306 g/mol. The van der Waals surface area contributed by atoms with E-state index >= 15 is 0 Å². The van der Waals surface area contributed by atoms with Crippen LogP contribution in [-0.2, 0) is 9.59 Å². The second-order valence-electron chi connectivity index (χ2n) is 4.74. The molecular weight excluding hydrogens is 294 g/mol. The summed E-state index contributed by atoms with van der Waals surface area (Å²) in [7, 11) is 0. The summed E-state index contributed by atoms with van der Waals surface area (Å²) in [5.74, 6) is -1.05. The van der Waals surface area contributed by atoms with E-state index in [-0.39, 0.29) is 17.7 Å². The Kier molecular flexibility index (Phi) is 3.59. The number of hydrogen-bond donors (Lipinski definition) is 1. The van der Waals surface area contributed by atoms with Crippen molar-refractivity contribution in [1.82, 2.24) is 5.32 Å². The number of imide groups is 1. The van der Waals surface area contributed by atoms with Gasteiger partial charge in [0.05, 0.1) is 5.92 Å². The number of hydrogen-bond acceptors (Lipinski definition) is 3. The first-order valence-corrected chi connectivity index (χ1v) is 7.54. The molecule has 0 spiro atoms. The second kappa shape index (κ2) is 5.38. The van der Waals surface area contributed by atoms with Gasteiger partial charge in [0.25, 0.3) is 0 Å². The van der Waals surface area contributed by atoms with Crippen molar-refractivity contribution in [2.24, 2.45) is 0 Å². The van der Waals surface area contributed by atoms with E-state index in [0.29, 0.717) is 11.4 Å². The number of carbonyl (C=O) groups excluding carboxylic acids is 2. The molecule has 102 valence electrons. The van der Waals surface area contributed by atoms with Gasteiger partial charge in [-0.25, -0.2) is 0 Å². The molecule has 1 aromatic carbocycles. The molecule has 2 unspecified atom stereocenters. The van der Waals surface area contributed by atoms with E-state index in [2.05, 4.69) is 5.32 Å². The molecule has 0 saturated carbocycles. The zero-order valence-electron chi connectivity index (χ0n) is 10.5. The van der Waals surface area contributed by atoms with Crippen molar-refractivity contribution < 1.29 is 9.59 Å². The van der Waals surface area contributed by atoms with Crippen LogP contribution >= 0.6 is 22.9 Å². The third kappa shape index (κ3) is 2.37. The molecule has 0 bridgehead atoms. The highest BCUT2D eigenvalue weighted by atomic mass is 35.5. The van der Waals surface area contributed by atoms with Crippen molar-refractivity contribution in [3.63, 3.8) is 0 Å². The van der Waals surface area contributed by atoms with Gasteiger partial charge in [0, 0.05) is 22.2 Å². The Labute approximate surface area is 125 Å². The van der Waals surface area contributed by atoms with Gasteiger partial charge < -0.3 is 0 Å². The van der Waals surface area contributed by atoms with Crippen LogP contribution in [0.25, 0.3) is 0 Å². The molecule has 1 N–H and O–H groups in total. The van der Waals surface area contributed by atoms with Gasteiger partial charge in [0.1, 0.15) is 0 Å². The molecule has 1 aliphatic rings. The standard InChI is InChI=1S/C15H12ClNO2S/c16-11-5-2-1-4-9(11)14-10(12-6-3-7-20-12)8-13(18)17-15(14)19/h1-7,10,14H,8H2,(H,17,18,19). The summed E-state index contributed by atoms with van der Waals surface area (Å²) < 4.78 is 0. The molecule has 1 aromatic heterocycles. The summed E-state index contributed by atoms with van der Waals surface area (Å²) >= 11 is 7.79. The molecule has 1 fully saturated rings. The summed E-state index contributed by atoms with van der Waals surface area (Å²) in [6.07, 6.45) is 0.308. The minimum absolute atomic E-state index is 0.142. The number of benzene rings is 1. The topological polar surface area (TPSA) is 46.2 Å². The number of piperidine rings is 1. The average Bonchev–Trinajstić information content (AvgIpc) is 2.93.